The number of hydrogen-bond donors (Lipinski definition) is 1. The molecule has 0 aromatic carbocycles. The second kappa shape index (κ2) is 3.47. The lowest BCUT2D eigenvalue weighted by molar-refractivity contribution is 0.828. The van der Waals surface area contributed by atoms with Gasteiger partial charge >= 0.3 is 0 Å². The van der Waals surface area contributed by atoms with Gasteiger partial charge in [0, 0.05) is 12.5 Å². The Morgan fingerprint density at radius 3 is 2.25 bits per heavy atom. The van der Waals surface area contributed by atoms with Crippen molar-refractivity contribution in [1.29, 1.82) is 0 Å². The molecule has 0 radical (unpaired) electrons. The van der Waals surface area contributed by atoms with Gasteiger partial charge in [-0.15, -0.1) is 0 Å². The minimum Gasteiger partial charge on any atom is -0.387 e. The van der Waals surface area contributed by atoms with E-state index >= 15 is 0 Å². The molecule has 2 N–H and O–H groups in total. The van der Waals surface area contributed by atoms with Gasteiger partial charge in [-0.3, -0.25) is 4.99 Å². The standard InChI is InChI=1S/C6H14N2/c1-4-6(7)8-5(2)3/h5H,4H2,1-3H3,(H2,7,8). The van der Waals surface area contributed by atoms with Crippen LogP contribution in [0.5, 0.6) is 0 Å². The van der Waals surface area contributed by atoms with Crippen molar-refractivity contribution in [3.63, 3.8) is 0 Å². The highest BCUT2D eigenvalue weighted by atomic mass is 14.9. The van der Waals surface area contributed by atoms with Crippen LogP contribution in [-0.2, 0) is 0 Å². The topological polar surface area (TPSA) is 38.4 Å². The summed E-state index contributed by atoms with van der Waals surface area (Å²) in [6, 6.07) is 0.343. The molecule has 0 saturated carbocycles. The smallest absolute Gasteiger partial charge is 0.0937 e. The maximum Gasteiger partial charge on any atom is 0.0937 e. The molecule has 0 aliphatic carbocycles. The Morgan fingerprint density at radius 2 is 2.12 bits per heavy atom. The maximum absolute atomic E-state index is 5.42. The first kappa shape index (κ1) is 7.47. The average molecular weight is 114 g/mol. The van der Waals surface area contributed by atoms with Crippen LogP contribution in [0, 0.1) is 0 Å². The van der Waals surface area contributed by atoms with E-state index in [1.165, 1.54) is 0 Å². The second-order valence-electron chi connectivity index (χ2n) is 2.07. The van der Waals surface area contributed by atoms with Gasteiger partial charge < -0.3 is 5.73 Å². The largest absolute Gasteiger partial charge is 0.387 e. The van der Waals surface area contributed by atoms with Gasteiger partial charge in [-0.05, 0) is 13.8 Å². The minimum atomic E-state index is 0.343. The van der Waals surface area contributed by atoms with E-state index in [1.807, 2.05) is 20.8 Å². The Kier molecular flexibility index (Phi) is 3.24. The molecule has 0 aromatic rings. The highest BCUT2D eigenvalue weighted by Gasteiger charge is 1.87. The summed E-state index contributed by atoms with van der Waals surface area (Å²) in [5.74, 6) is 0.750. The molecule has 0 unspecified atom stereocenters. The molecule has 0 spiro atoms. The molecule has 0 aliphatic rings. The van der Waals surface area contributed by atoms with Crippen molar-refractivity contribution in [2.45, 2.75) is 33.2 Å². The molecule has 0 bridgehead atoms. The van der Waals surface area contributed by atoms with Crippen LogP contribution in [0.3, 0.4) is 0 Å². The van der Waals surface area contributed by atoms with Crippen molar-refractivity contribution in [3.8, 4) is 0 Å². The molecule has 0 amide bonds. The predicted molar refractivity (Wildman–Crippen MR) is 37.0 cm³/mol. The third kappa shape index (κ3) is 3.65. The molecule has 48 valence electrons. The van der Waals surface area contributed by atoms with E-state index in [9.17, 15) is 0 Å². The van der Waals surface area contributed by atoms with Crippen molar-refractivity contribution in [3.05, 3.63) is 0 Å². The monoisotopic (exact) mass is 114 g/mol. The Labute approximate surface area is 50.8 Å². The average Bonchev–Trinajstić information content (AvgIpc) is 1.65. The van der Waals surface area contributed by atoms with Gasteiger partial charge in [0.15, 0.2) is 0 Å². The van der Waals surface area contributed by atoms with E-state index in [1.54, 1.807) is 0 Å². The Hall–Kier alpha value is -0.530. The van der Waals surface area contributed by atoms with Crippen LogP contribution in [0.1, 0.15) is 27.2 Å². The van der Waals surface area contributed by atoms with Crippen LogP contribution < -0.4 is 5.73 Å². The minimum absolute atomic E-state index is 0.343. The zero-order valence-electron chi connectivity index (χ0n) is 5.81. The Balaban J connectivity index is 3.56. The molecular weight excluding hydrogens is 100 g/mol. The van der Waals surface area contributed by atoms with Crippen molar-refractivity contribution in [1.82, 2.24) is 0 Å². The fraction of sp³-hybridized carbons (Fsp3) is 0.833. The molecule has 0 aromatic heterocycles. The highest BCUT2D eigenvalue weighted by Crippen LogP contribution is 1.86. The molecule has 0 fully saturated rings. The van der Waals surface area contributed by atoms with Crippen molar-refractivity contribution in [2.24, 2.45) is 10.7 Å². The van der Waals surface area contributed by atoms with E-state index < -0.39 is 0 Å². The fourth-order valence-electron chi connectivity index (χ4n) is 0.423. The zero-order valence-corrected chi connectivity index (χ0v) is 5.81. The quantitative estimate of drug-likeness (QED) is 0.424. The van der Waals surface area contributed by atoms with Gasteiger partial charge in [0.1, 0.15) is 0 Å². The third-order valence-electron chi connectivity index (χ3n) is 0.786. The van der Waals surface area contributed by atoms with Gasteiger partial charge in [0.2, 0.25) is 0 Å². The maximum atomic E-state index is 5.42. The van der Waals surface area contributed by atoms with E-state index in [-0.39, 0.29) is 0 Å². The summed E-state index contributed by atoms with van der Waals surface area (Å²) in [4.78, 5) is 4.09. The van der Waals surface area contributed by atoms with Crippen molar-refractivity contribution >= 4 is 5.84 Å². The summed E-state index contributed by atoms with van der Waals surface area (Å²) in [5.41, 5.74) is 5.42. The zero-order chi connectivity index (χ0) is 6.57. The Morgan fingerprint density at radius 1 is 1.62 bits per heavy atom. The molecule has 0 aliphatic heterocycles. The van der Waals surface area contributed by atoms with Crippen LogP contribution in [0.25, 0.3) is 0 Å². The number of nitrogens with zero attached hydrogens (tertiary/aromatic N) is 1. The third-order valence-corrected chi connectivity index (χ3v) is 0.786. The first-order valence-corrected chi connectivity index (χ1v) is 2.99. The van der Waals surface area contributed by atoms with Crippen molar-refractivity contribution in [2.75, 3.05) is 0 Å². The number of aliphatic imine (C=N–C) groups is 1. The summed E-state index contributed by atoms with van der Waals surface area (Å²) in [7, 11) is 0. The first-order chi connectivity index (χ1) is 3.66. The molecule has 2 nitrogen and oxygen atoms in total. The van der Waals surface area contributed by atoms with E-state index in [0.29, 0.717) is 6.04 Å². The normalized spacial score (nSPS) is 12.8. The van der Waals surface area contributed by atoms with Crippen LogP contribution in [0.2, 0.25) is 0 Å². The van der Waals surface area contributed by atoms with Crippen LogP contribution in [-0.4, -0.2) is 11.9 Å². The SMILES string of the molecule is CC/C(N)=N/C(C)C. The lowest BCUT2D eigenvalue weighted by Crippen LogP contribution is -2.12. The molecule has 8 heavy (non-hydrogen) atoms. The summed E-state index contributed by atoms with van der Waals surface area (Å²) < 4.78 is 0. The van der Waals surface area contributed by atoms with Gasteiger partial charge in [-0.1, -0.05) is 6.92 Å². The number of amidine groups is 1. The number of hydrogen-bond acceptors (Lipinski definition) is 1. The van der Waals surface area contributed by atoms with E-state index in [2.05, 4.69) is 4.99 Å². The Bertz CT molecular complexity index is 84.5. The first-order valence-electron chi connectivity index (χ1n) is 2.99. The highest BCUT2D eigenvalue weighted by molar-refractivity contribution is 5.79. The van der Waals surface area contributed by atoms with E-state index in [4.69, 9.17) is 5.73 Å². The predicted octanol–water partition coefficient (Wildman–Crippen LogP) is 1.16. The molecule has 0 rings (SSSR count). The summed E-state index contributed by atoms with van der Waals surface area (Å²) in [6.07, 6.45) is 0.859. The van der Waals surface area contributed by atoms with Crippen LogP contribution in [0.4, 0.5) is 0 Å². The molecule has 2 heteroatoms. The van der Waals surface area contributed by atoms with Gasteiger partial charge in [-0.25, -0.2) is 0 Å². The van der Waals surface area contributed by atoms with E-state index in [0.717, 1.165) is 12.3 Å². The van der Waals surface area contributed by atoms with Gasteiger partial charge in [0.05, 0.1) is 5.84 Å². The summed E-state index contributed by atoms with van der Waals surface area (Å²) in [5, 5.41) is 0. The molecular formula is C6H14N2. The molecule has 0 atom stereocenters. The lowest BCUT2D eigenvalue weighted by Gasteiger charge is -1.97. The summed E-state index contributed by atoms with van der Waals surface area (Å²) >= 11 is 0. The number of nitrogens with two attached hydrogens (primary N) is 1. The molecule has 0 saturated heterocycles. The van der Waals surface area contributed by atoms with Crippen LogP contribution in [0.15, 0.2) is 4.99 Å². The van der Waals surface area contributed by atoms with Gasteiger partial charge in [0.25, 0.3) is 0 Å². The summed E-state index contributed by atoms with van der Waals surface area (Å²) in [6.45, 7) is 6.03. The van der Waals surface area contributed by atoms with Crippen LogP contribution >= 0.6 is 0 Å². The van der Waals surface area contributed by atoms with Crippen molar-refractivity contribution < 1.29 is 0 Å². The lowest BCUT2D eigenvalue weighted by atomic mass is 10.4. The second-order valence-corrected chi connectivity index (χ2v) is 2.07. The van der Waals surface area contributed by atoms with Gasteiger partial charge in [-0.2, -0.15) is 0 Å². The molecule has 0 heterocycles. The number of rotatable bonds is 2. The fourth-order valence-corrected chi connectivity index (χ4v) is 0.423.